The minimum absolute atomic E-state index is 0.0261. The molecular formula is C17H26N2O. The summed E-state index contributed by atoms with van der Waals surface area (Å²) in [5.74, 6) is 0.148. The van der Waals surface area contributed by atoms with Crippen molar-refractivity contribution in [3.8, 4) is 0 Å². The number of piperidine rings is 1. The van der Waals surface area contributed by atoms with Crippen molar-refractivity contribution in [2.24, 2.45) is 5.73 Å². The number of nitrogens with two attached hydrogens (primary N) is 1. The first-order valence-electron chi connectivity index (χ1n) is 7.46. The first-order valence-corrected chi connectivity index (χ1v) is 7.46. The molecule has 1 aromatic rings. The summed E-state index contributed by atoms with van der Waals surface area (Å²) in [5.41, 5.74) is 7.91. The lowest BCUT2D eigenvalue weighted by atomic mass is 9.83. The Bertz CT molecular complexity index is 490. The fraction of sp³-hybridized carbons (Fsp3) is 0.588. The molecule has 3 nitrogen and oxygen atoms in total. The Morgan fingerprint density at radius 1 is 1.30 bits per heavy atom. The van der Waals surface area contributed by atoms with Gasteiger partial charge in [0.25, 0.3) is 5.91 Å². The SMILES string of the molecule is CC1CC(N)CCN1C(=O)c1ccccc1C(C)(C)C. The quantitative estimate of drug-likeness (QED) is 0.856. The van der Waals surface area contributed by atoms with Crippen LogP contribution in [0.2, 0.25) is 0 Å². The van der Waals surface area contributed by atoms with Crippen LogP contribution < -0.4 is 5.73 Å². The number of carbonyl (C=O) groups is 1. The first-order chi connectivity index (χ1) is 9.30. The van der Waals surface area contributed by atoms with E-state index in [1.54, 1.807) is 0 Å². The lowest BCUT2D eigenvalue weighted by Gasteiger charge is -2.37. The van der Waals surface area contributed by atoms with Crippen LogP contribution in [0.3, 0.4) is 0 Å². The van der Waals surface area contributed by atoms with Crippen LogP contribution >= 0.6 is 0 Å². The van der Waals surface area contributed by atoms with Crippen molar-refractivity contribution in [2.45, 2.75) is 58.0 Å². The Morgan fingerprint density at radius 3 is 2.55 bits per heavy atom. The van der Waals surface area contributed by atoms with Gasteiger partial charge in [-0.3, -0.25) is 4.79 Å². The van der Waals surface area contributed by atoms with Gasteiger partial charge in [-0.05, 0) is 36.8 Å². The van der Waals surface area contributed by atoms with Crippen molar-refractivity contribution in [3.63, 3.8) is 0 Å². The summed E-state index contributed by atoms with van der Waals surface area (Å²) in [6.07, 6.45) is 1.79. The lowest BCUT2D eigenvalue weighted by Crippen LogP contribution is -2.48. The second kappa shape index (κ2) is 5.57. The van der Waals surface area contributed by atoms with Crippen molar-refractivity contribution in [1.82, 2.24) is 4.90 Å². The Hall–Kier alpha value is -1.35. The molecule has 3 heteroatoms. The van der Waals surface area contributed by atoms with Gasteiger partial charge in [0.1, 0.15) is 0 Å². The molecule has 2 rings (SSSR count). The average molecular weight is 274 g/mol. The van der Waals surface area contributed by atoms with Gasteiger partial charge in [0.15, 0.2) is 0 Å². The van der Waals surface area contributed by atoms with Crippen molar-refractivity contribution in [2.75, 3.05) is 6.54 Å². The van der Waals surface area contributed by atoms with E-state index in [9.17, 15) is 4.79 Å². The normalized spacial score (nSPS) is 23.8. The van der Waals surface area contributed by atoms with Crippen molar-refractivity contribution in [1.29, 1.82) is 0 Å². The topological polar surface area (TPSA) is 46.3 Å². The van der Waals surface area contributed by atoms with E-state index in [0.29, 0.717) is 0 Å². The first kappa shape index (κ1) is 15.0. The van der Waals surface area contributed by atoms with E-state index in [2.05, 4.69) is 33.8 Å². The molecule has 20 heavy (non-hydrogen) atoms. The Labute approximate surface area is 122 Å². The maximum absolute atomic E-state index is 12.9. The standard InChI is InChI=1S/C17H26N2O/c1-12-11-13(18)9-10-19(12)16(20)14-7-5-6-8-15(14)17(2,3)4/h5-8,12-13H,9-11,18H2,1-4H3. The van der Waals surface area contributed by atoms with Crippen LogP contribution in [0, 0.1) is 0 Å². The van der Waals surface area contributed by atoms with Gasteiger partial charge in [0.2, 0.25) is 0 Å². The number of hydrogen-bond donors (Lipinski definition) is 1. The molecule has 2 N–H and O–H groups in total. The molecule has 1 heterocycles. The van der Waals surface area contributed by atoms with Crippen LogP contribution in [-0.4, -0.2) is 29.4 Å². The highest BCUT2D eigenvalue weighted by molar-refractivity contribution is 5.96. The smallest absolute Gasteiger partial charge is 0.254 e. The number of nitrogens with zero attached hydrogens (tertiary/aromatic N) is 1. The summed E-state index contributed by atoms with van der Waals surface area (Å²) >= 11 is 0. The molecule has 1 aromatic carbocycles. The zero-order valence-electron chi connectivity index (χ0n) is 13.0. The highest BCUT2D eigenvalue weighted by Gasteiger charge is 2.30. The zero-order chi connectivity index (χ0) is 14.9. The fourth-order valence-electron chi connectivity index (χ4n) is 2.99. The van der Waals surface area contributed by atoms with Gasteiger partial charge < -0.3 is 10.6 Å². The molecule has 1 aliphatic heterocycles. The molecule has 1 amide bonds. The van der Waals surface area contributed by atoms with Crippen LogP contribution in [0.4, 0.5) is 0 Å². The summed E-state index contributed by atoms with van der Waals surface area (Å²) in [6.45, 7) is 9.30. The highest BCUT2D eigenvalue weighted by Crippen LogP contribution is 2.28. The van der Waals surface area contributed by atoms with E-state index < -0.39 is 0 Å². The van der Waals surface area contributed by atoms with E-state index in [1.165, 1.54) is 0 Å². The molecular weight excluding hydrogens is 248 g/mol. The molecule has 1 saturated heterocycles. The van der Waals surface area contributed by atoms with Crippen LogP contribution in [0.5, 0.6) is 0 Å². The van der Waals surface area contributed by atoms with Crippen LogP contribution in [0.1, 0.15) is 56.5 Å². The van der Waals surface area contributed by atoms with Crippen molar-refractivity contribution >= 4 is 5.91 Å². The predicted molar refractivity (Wildman–Crippen MR) is 82.8 cm³/mol. The van der Waals surface area contributed by atoms with E-state index in [0.717, 1.165) is 30.5 Å². The van der Waals surface area contributed by atoms with E-state index >= 15 is 0 Å². The molecule has 0 saturated carbocycles. The van der Waals surface area contributed by atoms with Gasteiger partial charge in [-0.2, -0.15) is 0 Å². The van der Waals surface area contributed by atoms with E-state index in [1.807, 2.05) is 23.1 Å². The van der Waals surface area contributed by atoms with Gasteiger partial charge in [-0.25, -0.2) is 0 Å². The largest absolute Gasteiger partial charge is 0.336 e. The molecule has 110 valence electrons. The van der Waals surface area contributed by atoms with Gasteiger partial charge in [-0.1, -0.05) is 39.0 Å². The number of benzene rings is 1. The van der Waals surface area contributed by atoms with Gasteiger partial charge >= 0.3 is 0 Å². The fourth-order valence-corrected chi connectivity index (χ4v) is 2.99. The van der Waals surface area contributed by atoms with Crippen molar-refractivity contribution < 1.29 is 4.79 Å². The molecule has 1 fully saturated rings. The summed E-state index contributed by atoms with van der Waals surface area (Å²) < 4.78 is 0. The van der Waals surface area contributed by atoms with Crippen LogP contribution in [0.25, 0.3) is 0 Å². The number of amides is 1. The van der Waals surface area contributed by atoms with E-state index in [4.69, 9.17) is 5.73 Å². The van der Waals surface area contributed by atoms with Gasteiger partial charge in [-0.15, -0.1) is 0 Å². The maximum atomic E-state index is 12.9. The molecule has 2 atom stereocenters. The van der Waals surface area contributed by atoms with Crippen LogP contribution in [-0.2, 0) is 5.41 Å². The average Bonchev–Trinajstić information content (AvgIpc) is 2.37. The third kappa shape index (κ3) is 3.04. The maximum Gasteiger partial charge on any atom is 0.254 e. The highest BCUT2D eigenvalue weighted by atomic mass is 16.2. The second-order valence-corrected chi connectivity index (χ2v) is 6.93. The molecule has 0 aliphatic carbocycles. The van der Waals surface area contributed by atoms with Crippen LogP contribution in [0.15, 0.2) is 24.3 Å². The molecule has 0 radical (unpaired) electrons. The third-order valence-corrected chi connectivity index (χ3v) is 4.14. The van der Waals surface area contributed by atoms with Crippen molar-refractivity contribution in [3.05, 3.63) is 35.4 Å². The Balaban J connectivity index is 2.30. The molecule has 0 spiro atoms. The summed E-state index contributed by atoms with van der Waals surface area (Å²) in [7, 11) is 0. The predicted octanol–water partition coefficient (Wildman–Crippen LogP) is 2.94. The minimum Gasteiger partial charge on any atom is -0.336 e. The lowest BCUT2D eigenvalue weighted by molar-refractivity contribution is 0.0616. The monoisotopic (exact) mass is 274 g/mol. The minimum atomic E-state index is -0.0261. The van der Waals surface area contributed by atoms with Gasteiger partial charge in [0.05, 0.1) is 0 Å². The molecule has 0 bridgehead atoms. The third-order valence-electron chi connectivity index (χ3n) is 4.14. The van der Waals surface area contributed by atoms with Gasteiger partial charge in [0, 0.05) is 24.2 Å². The molecule has 1 aliphatic rings. The number of hydrogen-bond acceptors (Lipinski definition) is 2. The number of carbonyl (C=O) groups excluding carboxylic acids is 1. The summed E-state index contributed by atoms with van der Waals surface area (Å²) in [6, 6.07) is 8.42. The molecule has 2 unspecified atom stereocenters. The summed E-state index contributed by atoms with van der Waals surface area (Å²) in [5, 5.41) is 0. The Morgan fingerprint density at radius 2 is 1.95 bits per heavy atom. The van der Waals surface area contributed by atoms with E-state index in [-0.39, 0.29) is 23.4 Å². The Kier molecular flexibility index (Phi) is 4.19. The second-order valence-electron chi connectivity index (χ2n) is 6.93. The summed E-state index contributed by atoms with van der Waals surface area (Å²) in [4.78, 5) is 14.8. The molecule has 0 aromatic heterocycles. The number of rotatable bonds is 1. The zero-order valence-corrected chi connectivity index (χ0v) is 13.0. The number of likely N-dealkylation sites (tertiary alicyclic amines) is 1.